The van der Waals surface area contributed by atoms with E-state index in [1.165, 1.54) is 12.5 Å². The Kier molecular flexibility index (Phi) is 4.36. The van der Waals surface area contributed by atoms with Crippen LogP contribution in [0.1, 0.15) is 34.0 Å². The lowest BCUT2D eigenvalue weighted by atomic mass is 10.1. The first-order valence-corrected chi connectivity index (χ1v) is 6.22. The molecular weight excluding hydrogens is 242 g/mol. The number of aryl methyl sites for hydroxylation is 1. The molecule has 0 saturated heterocycles. The molecule has 2 aromatic rings. The molecule has 2 rings (SSSR count). The third-order valence-corrected chi connectivity index (χ3v) is 2.95. The third kappa shape index (κ3) is 3.69. The Labute approximate surface area is 112 Å². The van der Waals surface area contributed by atoms with Crippen molar-refractivity contribution in [2.75, 3.05) is 6.54 Å². The van der Waals surface area contributed by atoms with E-state index in [-0.39, 0.29) is 5.91 Å². The van der Waals surface area contributed by atoms with Crippen molar-refractivity contribution in [3.63, 3.8) is 0 Å². The Morgan fingerprint density at radius 3 is 2.68 bits per heavy atom. The van der Waals surface area contributed by atoms with Gasteiger partial charge in [-0.25, -0.2) is 0 Å². The van der Waals surface area contributed by atoms with Crippen LogP contribution in [0.3, 0.4) is 0 Å². The largest absolute Gasteiger partial charge is 0.472 e. The van der Waals surface area contributed by atoms with Gasteiger partial charge in [-0.15, -0.1) is 0 Å². The molecular formula is C15H17NO3. The van der Waals surface area contributed by atoms with Crippen molar-refractivity contribution in [1.29, 1.82) is 0 Å². The quantitative estimate of drug-likeness (QED) is 0.867. The van der Waals surface area contributed by atoms with Crippen molar-refractivity contribution >= 4 is 5.91 Å². The summed E-state index contributed by atoms with van der Waals surface area (Å²) in [6.45, 7) is 2.39. The van der Waals surface area contributed by atoms with Gasteiger partial charge in [0.2, 0.25) is 0 Å². The topological polar surface area (TPSA) is 62.5 Å². The predicted molar refractivity (Wildman–Crippen MR) is 71.8 cm³/mol. The number of amides is 1. The molecule has 0 aliphatic heterocycles. The molecule has 4 nitrogen and oxygen atoms in total. The van der Waals surface area contributed by atoms with Crippen molar-refractivity contribution in [1.82, 2.24) is 5.32 Å². The highest BCUT2D eigenvalue weighted by atomic mass is 16.3. The minimum absolute atomic E-state index is 0.126. The van der Waals surface area contributed by atoms with Gasteiger partial charge in [0.05, 0.1) is 18.6 Å². The van der Waals surface area contributed by atoms with Crippen LogP contribution in [0.25, 0.3) is 0 Å². The molecule has 2 N–H and O–H groups in total. The van der Waals surface area contributed by atoms with Gasteiger partial charge in [0.25, 0.3) is 5.91 Å². The van der Waals surface area contributed by atoms with E-state index < -0.39 is 6.10 Å². The Morgan fingerprint density at radius 2 is 2.05 bits per heavy atom. The Balaban J connectivity index is 1.79. The molecule has 1 heterocycles. The number of furan rings is 1. The number of aliphatic hydroxyl groups excluding tert-OH is 1. The molecule has 1 aromatic carbocycles. The number of hydrogen-bond donors (Lipinski definition) is 2. The summed E-state index contributed by atoms with van der Waals surface area (Å²) in [7, 11) is 0. The fourth-order valence-electron chi connectivity index (χ4n) is 1.76. The Morgan fingerprint density at radius 1 is 1.32 bits per heavy atom. The van der Waals surface area contributed by atoms with Crippen molar-refractivity contribution in [2.45, 2.75) is 19.4 Å². The van der Waals surface area contributed by atoms with E-state index in [1.807, 2.05) is 19.1 Å². The summed E-state index contributed by atoms with van der Waals surface area (Å²) in [6.07, 6.45) is 2.87. The Hall–Kier alpha value is -2.07. The van der Waals surface area contributed by atoms with Crippen LogP contribution >= 0.6 is 0 Å². The van der Waals surface area contributed by atoms with E-state index in [0.29, 0.717) is 18.5 Å². The predicted octanol–water partition coefficient (Wildman–Crippen LogP) is 2.44. The zero-order chi connectivity index (χ0) is 13.7. The second-order valence-electron chi connectivity index (χ2n) is 4.48. The number of hydrogen-bond acceptors (Lipinski definition) is 3. The molecule has 0 fully saturated rings. The van der Waals surface area contributed by atoms with Crippen LogP contribution in [0.5, 0.6) is 0 Å². The SMILES string of the molecule is Cc1ccc(C(=O)NCCC(O)c2ccoc2)cc1. The number of nitrogens with one attached hydrogen (secondary N) is 1. The molecule has 0 radical (unpaired) electrons. The summed E-state index contributed by atoms with van der Waals surface area (Å²) >= 11 is 0. The van der Waals surface area contributed by atoms with Crippen LogP contribution in [0.15, 0.2) is 47.3 Å². The standard InChI is InChI=1S/C15H17NO3/c1-11-2-4-12(5-3-11)15(18)16-8-6-14(17)13-7-9-19-10-13/h2-5,7,9-10,14,17H,6,8H2,1H3,(H,16,18). The van der Waals surface area contributed by atoms with Gasteiger partial charge < -0.3 is 14.8 Å². The van der Waals surface area contributed by atoms with Gasteiger partial charge >= 0.3 is 0 Å². The summed E-state index contributed by atoms with van der Waals surface area (Å²) < 4.78 is 4.90. The lowest BCUT2D eigenvalue weighted by Gasteiger charge is -2.09. The summed E-state index contributed by atoms with van der Waals surface area (Å²) in [4.78, 5) is 11.8. The molecule has 1 unspecified atom stereocenters. The summed E-state index contributed by atoms with van der Waals surface area (Å²) in [5.41, 5.74) is 2.47. The van der Waals surface area contributed by atoms with E-state index >= 15 is 0 Å². The molecule has 1 atom stereocenters. The highest BCUT2D eigenvalue weighted by Gasteiger charge is 2.10. The van der Waals surface area contributed by atoms with E-state index in [9.17, 15) is 9.90 Å². The van der Waals surface area contributed by atoms with Crippen LogP contribution in [0, 0.1) is 6.92 Å². The normalized spacial score (nSPS) is 12.1. The number of benzene rings is 1. The molecule has 0 aliphatic carbocycles. The van der Waals surface area contributed by atoms with Gasteiger partial charge in [0.15, 0.2) is 0 Å². The van der Waals surface area contributed by atoms with E-state index in [2.05, 4.69) is 5.32 Å². The molecule has 0 aliphatic rings. The molecule has 0 saturated carbocycles. The Bertz CT molecular complexity index is 517. The maximum Gasteiger partial charge on any atom is 0.251 e. The summed E-state index contributed by atoms with van der Waals surface area (Å²) in [6, 6.07) is 9.09. The minimum atomic E-state index is -0.614. The van der Waals surface area contributed by atoms with Crippen LogP contribution in [-0.4, -0.2) is 17.6 Å². The molecule has 19 heavy (non-hydrogen) atoms. The first-order valence-electron chi connectivity index (χ1n) is 6.22. The van der Waals surface area contributed by atoms with Crippen LogP contribution in [0.2, 0.25) is 0 Å². The number of aliphatic hydroxyl groups is 1. The second kappa shape index (κ2) is 6.20. The van der Waals surface area contributed by atoms with E-state index in [1.54, 1.807) is 18.2 Å². The maximum absolute atomic E-state index is 11.8. The van der Waals surface area contributed by atoms with Gasteiger partial charge in [0, 0.05) is 17.7 Å². The second-order valence-corrected chi connectivity index (χ2v) is 4.48. The number of carbonyl (C=O) groups excluding carboxylic acids is 1. The van der Waals surface area contributed by atoms with Crippen molar-refractivity contribution < 1.29 is 14.3 Å². The molecule has 0 bridgehead atoms. The number of carbonyl (C=O) groups is 1. The highest BCUT2D eigenvalue weighted by Crippen LogP contribution is 2.15. The van der Waals surface area contributed by atoms with Crippen molar-refractivity contribution in [3.8, 4) is 0 Å². The van der Waals surface area contributed by atoms with Crippen LogP contribution in [0.4, 0.5) is 0 Å². The van der Waals surface area contributed by atoms with Crippen molar-refractivity contribution in [3.05, 3.63) is 59.5 Å². The van der Waals surface area contributed by atoms with Crippen molar-refractivity contribution in [2.24, 2.45) is 0 Å². The smallest absolute Gasteiger partial charge is 0.251 e. The van der Waals surface area contributed by atoms with Crippen LogP contribution in [-0.2, 0) is 0 Å². The average molecular weight is 259 g/mol. The summed E-state index contributed by atoms with van der Waals surface area (Å²) in [5.74, 6) is -0.126. The molecule has 1 amide bonds. The zero-order valence-corrected chi connectivity index (χ0v) is 10.8. The minimum Gasteiger partial charge on any atom is -0.472 e. The van der Waals surface area contributed by atoms with E-state index in [4.69, 9.17) is 4.42 Å². The van der Waals surface area contributed by atoms with Gasteiger partial charge in [-0.3, -0.25) is 4.79 Å². The lowest BCUT2D eigenvalue weighted by molar-refractivity contribution is 0.0942. The average Bonchev–Trinajstić information content (AvgIpc) is 2.93. The van der Waals surface area contributed by atoms with Gasteiger partial charge in [-0.1, -0.05) is 17.7 Å². The third-order valence-electron chi connectivity index (χ3n) is 2.95. The molecule has 1 aromatic heterocycles. The fraction of sp³-hybridized carbons (Fsp3) is 0.267. The fourth-order valence-corrected chi connectivity index (χ4v) is 1.76. The first-order chi connectivity index (χ1) is 9.16. The lowest BCUT2D eigenvalue weighted by Crippen LogP contribution is -2.25. The van der Waals surface area contributed by atoms with Gasteiger partial charge in [0.1, 0.15) is 0 Å². The highest BCUT2D eigenvalue weighted by molar-refractivity contribution is 5.94. The van der Waals surface area contributed by atoms with Gasteiger partial charge in [-0.05, 0) is 31.5 Å². The zero-order valence-electron chi connectivity index (χ0n) is 10.8. The molecule has 4 heteroatoms. The monoisotopic (exact) mass is 259 g/mol. The first kappa shape index (κ1) is 13.4. The summed E-state index contributed by atoms with van der Waals surface area (Å²) in [5, 5.41) is 12.6. The molecule has 100 valence electrons. The van der Waals surface area contributed by atoms with Crippen LogP contribution < -0.4 is 5.32 Å². The molecule has 0 spiro atoms. The maximum atomic E-state index is 11.8. The van der Waals surface area contributed by atoms with E-state index in [0.717, 1.165) is 11.1 Å². The van der Waals surface area contributed by atoms with Gasteiger partial charge in [-0.2, -0.15) is 0 Å². The number of rotatable bonds is 5.